The Labute approximate surface area is 104 Å². The molecule has 0 saturated heterocycles. The summed E-state index contributed by atoms with van der Waals surface area (Å²) < 4.78 is 0. The highest BCUT2D eigenvalue weighted by molar-refractivity contribution is 7.99. The standard InChI is InChI=1S/C12H15N3OS/c1-3-10(16)9-6-4-5-7-11(9)17-12-13-8(2)14-15-12/h4-7,10,16H,3H2,1-2H3,(H,13,14,15)/t10-/m1/s1. The predicted octanol–water partition coefficient (Wildman–Crippen LogP) is 2.71. The van der Waals surface area contributed by atoms with Gasteiger partial charge in [-0.3, -0.25) is 5.10 Å². The fourth-order valence-electron chi connectivity index (χ4n) is 1.53. The molecule has 0 unspecified atom stereocenters. The summed E-state index contributed by atoms with van der Waals surface area (Å²) in [6.45, 7) is 3.83. The van der Waals surface area contributed by atoms with Crippen LogP contribution in [0, 0.1) is 6.92 Å². The molecule has 1 atom stereocenters. The molecular weight excluding hydrogens is 234 g/mol. The molecule has 2 rings (SSSR count). The van der Waals surface area contributed by atoms with Gasteiger partial charge in [0.1, 0.15) is 5.82 Å². The van der Waals surface area contributed by atoms with Crippen molar-refractivity contribution in [2.24, 2.45) is 0 Å². The number of aromatic amines is 1. The number of rotatable bonds is 4. The Morgan fingerprint density at radius 3 is 2.82 bits per heavy atom. The van der Waals surface area contributed by atoms with E-state index in [-0.39, 0.29) is 0 Å². The third-order valence-corrected chi connectivity index (χ3v) is 3.40. The van der Waals surface area contributed by atoms with Gasteiger partial charge >= 0.3 is 0 Å². The zero-order chi connectivity index (χ0) is 12.3. The summed E-state index contributed by atoms with van der Waals surface area (Å²) >= 11 is 1.47. The van der Waals surface area contributed by atoms with Crippen LogP contribution in [-0.4, -0.2) is 20.3 Å². The van der Waals surface area contributed by atoms with Crippen LogP contribution < -0.4 is 0 Å². The third-order valence-electron chi connectivity index (χ3n) is 2.44. The zero-order valence-corrected chi connectivity index (χ0v) is 10.7. The Bertz CT molecular complexity index is 498. The maximum Gasteiger partial charge on any atom is 0.213 e. The number of nitrogens with one attached hydrogen (secondary N) is 1. The molecule has 1 heterocycles. The third kappa shape index (κ3) is 2.87. The summed E-state index contributed by atoms with van der Waals surface area (Å²) in [4.78, 5) is 5.25. The van der Waals surface area contributed by atoms with E-state index in [1.54, 1.807) is 0 Å². The second kappa shape index (κ2) is 5.33. The number of aryl methyl sites for hydroxylation is 1. The molecule has 1 aromatic carbocycles. The lowest BCUT2D eigenvalue weighted by atomic mass is 10.1. The van der Waals surface area contributed by atoms with Gasteiger partial charge in [-0.25, -0.2) is 4.98 Å². The normalized spacial score (nSPS) is 12.6. The van der Waals surface area contributed by atoms with Gasteiger partial charge in [0.2, 0.25) is 5.16 Å². The number of hydrogen-bond donors (Lipinski definition) is 2. The molecule has 0 radical (unpaired) electrons. The van der Waals surface area contributed by atoms with E-state index in [2.05, 4.69) is 15.2 Å². The maximum absolute atomic E-state index is 9.93. The number of hydrogen-bond acceptors (Lipinski definition) is 4. The van der Waals surface area contributed by atoms with Crippen LogP contribution >= 0.6 is 11.8 Å². The minimum atomic E-state index is -0.432. The van der Waals surface area contributed by atoms with Crippen molar-refractivity contribution in [3.63, 3.8) is 0 Å². The second-order valence-corrected chi connectivity index (χ2v) is 4.78. The fraction of sp³-hybridized carbons (Fsp3) is 0.333. The number of aliphatic hydroxyl groups is 1. The van der Waals surface area contributed by atoms with Crippen molar-refractivity contribution < 1.29 is 5.11 Å². The van der Waals surface area contributed by atoms with Crippen LogP contribution in [-0.2, 0) is 0 Å². The van der Waals surface area contributed by atoms with Crippen LogP contribution in [0.2, 0.25) is 0 Å². The smallest absolute Gasteiger partial charge is 0.213 e. The Kier molecular flexibility index (Phi) is 3.81. The molecule has 0 aliphatic carbocycles. The molecule has 90 valence electrons. The molecule has 4 nitrogen and oxygen atoms in total. The first kappa shape index (κ1) is 12.1. The molecule has 0 aliphatic heterocycles. The van der Waals surface area contributed by atoms with Gasteiger partial charge in [-0.15, -0.1) is 5.10 Å². The van der Waals surface area contributed by atoms with Crippen molar-refractivity contribution in [3.05, 3.63) is 35.7 Å². The average molecular weight is 249 g/mol. The Hall–Kier alpha value is -1.33. The number of benzene rings is 1. The number of aliphatic hydroxyl groups excluding tert-OH is 1. The minimum Gasteiger partial charge on any atom is -0.388 e. The lowest BCUT2D eigenvalue weighted by Crippen LogP contribution is -1.97. The number of aromatic nitrogens is 3. The molecule has 0 fully saturated rings. The molecule has 0 saturated carbocycles. The first-order valence-corrected chi connectivity index (χ1v) is 6.36. The van der Waals surface area contributed by atoms with Crippen LogP contribution in [0.25, 0.3) is 0 Å². The highest BCUT2D eigenvalue weighted by atomic mass is 32.2. The summed E-state index contributed by atoms with van der Waals surface area (Å²) in [7, 11) is 0. The lowest BCUT2D eigenvalue weighted by Gasteiger charge is -2.12. The molecule has 0 amide bonds. The largest absolute Gasteiger partial charge is 0.388 e. The molecule has 5 heteroatoms. The minimum absolute atomic E-state index is 0.432. The van der Waals surface area contributed by atoms with Gasteiger partial charge in [0.25, 0.3) is 0 Å². The highest BCUT2D eigenvalue weighted by Crippen LogP contribution is 2.32. The van der Waals surface area contributed by atoms with E-state index >= 15 is 0 Å². The summed E-state index contributed by atoms with van der Waals surface area (Å²) in [5.41, 5.74) is 0.933. The fourth-order valence-corrected chi connectivity index (χ4v) is 2.47. The first-order valence-electron chi connectivity index (χ1n) is 5.54. The molecule has 0 aliphatic rings. The van der Waals surface area contributed by atoms with Gasteiger partial charge in [-0.1, -0.05) is 25.1 Å². The van der Waals surface area contributed by atoms with Crippen LogP contribution in [0.4, 0.5) is 0 Å². The van der Waals surface area contributed by atoms with E-state index in [0.717, 1.165) is 16.3 Å². The molecule has 0 spiro atoms. The van der Waals surface area contributed by atoms with Gasteiger partial charge in [0, 0.05) is 4.90 Å². The van der Waals surface area contributed by atoms with Crippen LogP contribution in [0.5, 0.6) is 0 Å². The van der Waals surface area contributed by atoms with E-state index < -0.39 is 6.10 Å². The van der Waals surface area contributed by atoms with E-state index in [0.29, 0.717) is 11.6 Å². The Balaban J connectivity index is 2.26. The SMILES string of the molecule is CC[C@@H](O)c1ccccc1Sc1n[nH]c(C)n1. The zero-order valence-electron chi connectivity index (χ0n) is 9.84. The molecule has 17 heavy (non-hydrogen) atoms. The number of H-pyrrole nitrogens is 1. The van der Waals surface area contributed by atoms with E-state index in [1.807, 2.05) is 38.1 Å². The van der Waals surface area contributed by atoms with E-state index in [1.165, 1.54) is 11.8 Å². The van der Waals surface area contributed by atoms with Crippen molar-refractivity contribution in [1.29, 1.82) is 0 Å². The maximum atomic E-state index is 9.93. The molecule has 2 N–H and O–H groups in total. The van der Waals surface area contributed by atoms with E-state index in [4.69, 9.17) is 0 Å². The van der Waals surface area contributed by atoms with Crippen molar-refractivity contribution in [2.45, 2.75) is 36.4 Å². The average Bonchev–Trinajstić information content (AvgIpc) is 2.74. The van der Waals surface area contributed by atoms with Gasteiger partial charge < -0.3 is 5.11 Å². The molecule has 0 bridgehead atoms. The molecule has 1 aromatic heterocycles. The van der Waals surface area contributed by atoms with Crippen LogP contribution in [0.1, 0.15) is 30.8 Å². The summed E-state index contributed by atoms with van der Waals surface area (Å²) in [6, 6.07) is 7.80. The Morgan fingerprint density at radius 1 is 1.41 bits per heavy atom. The second-order valence-electron chi connectivity index (χ2n) is 3.77. The summed E-state index contributed by atoms with van der Waals surface area (Å²) in [5, 5.41) is 17.5. The lowest BCUT2D eigenvalue weighted by molar-refractivity contribution is 0.171. The van der Waals surface area contributed by atoms with Gasteiger partial charge in [-0.2, -0.15) is 0 Å². The van der Waals surface area contributed by atoms with Gasteiger partial charge in [-0.05, 0) is 36.7 Å². The van der Waals surface area contributed by atoms with Crippen molar-refractivity contribution >= 4 is 11.8 Å². The number of nitrogens with zero attached hydrogens (tertiary/aromatic N) is 2. The topological polar surface area (TPSA) is 61.8 Å². The Morgan fingerprint density at radius 2 is 2.18 bits per heavy atom. The quantitative estimate of drug-likeness (QED) is 0.874. The van der Waals surface area contributed by atoms with E-state index in [9.17, 15) is 5.11 Å². The van der Waals surface area contributed by atoms with Gasteiger partial charge in [0.15, 0.2) is 0 Å². The van der Waals surface area contributed by atoms with Crippen molar-refractivity contribution in [3.8, 4) is 0 Å². The van der Waals surface area contributed by atoms with Crippen molar-refractivity contribution in [2.75, 3.05) is 0 Å². The monoisotopic (exact) mass is 249 g/mol. The first-order chi connectivity index (χ1) is 8.20. The molecular formula is C12H15N3OS. The predicted molar refractivity (Wildman–Crippen MR) is 66.9 cm³/mol. The summed E-state index contributed by atoms with van der Waals surface area (Å²) in [6.07, 6.45) is 0.267. The summed E-state index contributed by atoms with van der Waals surface area (Å²) in [5.74, 6) is 0.793. The highest BCUT2D eigenvalue weighted by Gasteiger charge is 2.12. The molecule has 2 aromatic rings. The van der Waals surface area contributed by atoms with Crippen LogP contribution in [0.15, 0.2) is 34.3 Å². The van der Waals surface area contributed by atoms with Crippen molar-refractivity contribution in [1.82, 2.24) is 15.2 Å². The van der Waals surface area contributed by atoms with Gasteiger partial charge in [0.05, 0.1) is 6.10 Å². The van der Waals surface area contributed by atoms with Crippen LogP contribution in [0.3, 0.4) is 0 Å².